The maximum atomic E-state index is 12.3. The molecule has 6 nitrogen and oxygen atoms in total. The van der Waals surface area contributed by atoms with Gasteiger partial charge in [-0.1, -0.05) is 12.1 Å². The van der Waals surface area contributed by atoms with Gasteiger partial charge in [0.05, 0.1) is 17.7 Å². The molecule has 0 saturated heterocycles. The molecule has 146 valence electrons. The highest BCUT2D eigenvalue weighted by molar-refractivity contribution is 7.89. The normalized spacial score (nSPS) is 11.8. The molecule has 1 N–H and O–H groups in total. The van der Waals surface area contributed by atoms with Crippen molar-refractivity contribution in [1.82, 2.24) is 9.62 Å². The van der Waals surface area contributed by atoms with Crippen LogP contribution >= 0.6 is 11.3 Å². The molecule has 0 fully saturated rings. The van der Waals surface area contributed by atoms with Gasteiger partial charge >= 0.3 is 0 Å². The maximum absolute atomic E-state index is 12.3. The van der Waals surface area contributed by atoms with Gasteiger partial charge in [0.1, 0.15) is 5.76 Å². The summed E-state index contributed by atoms with van der Waals surface area (Å²) in [5, 5.41) is 3.98. The molecule has 0 radical (unpaired) electrons. The van der Waals surface area contributed by atoms with E-state index in [1.165, 1.54) is 24.5 Å². The van der Waals surface area contributed by atoms with E-state index in [1.807, 2.05) is 16.8 Å². The molecular formula is C20H20N2O4S2. The first-order valence-corrected chi connectivity index (χ1v) is 10.9. The van der Waals surface area contributed by atoms with Gasteiger partial charge in [-0.05, 0) is 58.3 Å². The Morgan fingerprint density at radius 2 is 2.00 bits per heavy atom. The molecule has 1 amide bonds. The summed E-state index contributed by atoms with van der Waals surface area (Å²) in [6, 6.07) is 11.7. The Labute approximate surface area is 168 Å². The van der Waals surface area contributed by atoms with Crippen LogP contribution in [0.2, 0.25) is 0 Å². The summed E-state index contributed by atoms with van der Waals surface area (Å²) in [4.78, 5) is 14.0. The first-order valence-electron chi connectivity index (χ1n) is 8.50. The monoisotopic (exact) mass is 416 g/mol. The highest BCUT2D eigenvalue weighted by Crippen LogP contribution is 2.13. The highest BCUT2D eigenvalue weighted by atomic mass is 32.2. The van der Waals surface area contributed by atoms with Gasteiger partial charge in [0.2, 0.25) is 15.9 Å². The number of hydrogen-bond donors (Lipinski definition) is 1. The van der Waals surface area contributed by atoms with Gasteiger partial charge in [0.15, 0.2) is 0 Å². The Morgan fingerprint density at radius 1 is 1.21 bits per heavy atom. The number of amides is 1. The fraction of sp³-hybridized carbons (Fsp3) is 0.150. The summed E-state index contributed by atoms with van der Waals surface area (Å²) in [6.45, 7) is 0.632. The van der Waals surface area contributed by atoms with Gasteiger partial charge in [-0.15, -0.1) is 0 Å². The number of benzene rings is 1. The third kappa shape index (κ3) is 5.41. The Balaban J connectivity index is 1.58. The van der Waals surface area contributed by atoms with Crippen molar-refractivity contribution in [3.8, 4) is 0 Å². The number of furan rings is 1. The first kappa shape index (κ1) is 20.1. The van der Waals surface area contributed by atoms with Gasteiger partial charge < -0.3 is 9.32 Å². The molecular weight excluding hydrogens is 396 g/mol. The summed E-state index contributed by atoms with van der Waals surface area (Å²) < 4.78 is 32.2. The topological polar surface area (TPSA) is 79.6 Å². The SMILES string of the molecule is CN(Cc1ccsc1)C(=O)/C=C/c1ccc(S(=O)(=O)NCc2ccco2)cc1. The molecule has 0 aliphatic rings. The van der Waals surface area contributed by atoms with Crippen molar-refractivity contribution in [2.24, 2.45) is 0 Å². The van der Waals surface area contributed by atoms with Crippen LogP contribution in [-0.4, -0.2) is 26.3 Å². The second-order valence-electron chi connectivity index (χ2n) is 6.13. The summed E-state index contributed by atoms with van der Waals surface area (Å²) in [5.41, 5.74) is 1.83. The molecule has 3 rings (SSSR count). The zero-order chi connectivity index (χ0) is 20.0. The molecule has 0 atom stereocenters. The summed E-state index contributed by atoms with van der Waals surface area (Å²) in [6.07, 6.45) is 4.63. The lowest BCUT2D eigenvalue weighted by molar-refractivity contribution is -0.125. The molecule has 0 saturated carbocycles. The molecule has 2 aromatic heterocycles. The predicted octanol–water partition coefficient (Wildman–Crippen LogP) is 3.49. The number of thiophene rings is 1. The number of carbonyl (C=O) groups excluding carboxylic acids is 1. The van der Waals surface area contributed by atoms with Crippen molar-refractivity contribution in [3.05, 3.63) is 82.5 Å². The third-order valence-corrected chi connectivity index (χ3v) is 6.15. The van der Waals surface area contributed by atoms with Crippen LogP contribution in [-0.2, 0) is 27.9 Å². The number of nitrogens with one attached hydrogen (secondary N) is 1. The van der Waals surface area contributed by atoms with Crippen molar-refractivity contribution in [1.29, 1.82) is 0 Å². The van der Waals surface area contributed by atoms with E-state index in [0.717, 1.165) is 11.1 Å². The van der Waals surface area contributed by atoms with E-state index in [2.05, 4.69) is 4.72 Å². The van der Waals surface area contributed by atoms with E-state index in [9.17, 15) is 13.2 Å². The minimum Gasteiger partial charge on any atom is -0.468 e. The van der Waals surface area contributed by atoms with Crippen LogP contribution in [0.5, 0.6) is 0 Å². The van der Waals surface area contributed by atoms with Crippen molar-refractivity contribution < 1.29 is 17.6 Å². The summed E-state index contributed by atoms with van der Waals surface area (Å²) in [5.74, 6) is 0.413. The van der Waals surface area contributed by atoms with E-state index in [4.69, 9.17) is 4.42 Å². The van der Waals surface area contributed by atoms with Crippen LogP contribution in [0.15, 0.2) is 74.9 Å². The lowest BCUT2D eigenvalue weighted by Crippen LogP contribution is -2.23. The van der Waals surface area contributed by atoms with Gasteiger partial charge in [-0.3, -0.25) is 4.79 Å². The molecule has 0 aliphatic carbocycles. The molecule has 3 aromatic rings. The number of hydrogen-bond acceptors (Lipinski definition) is 5. The summed E-state index contributed by atoms with van der Waals surface area (Å²) in [7, 11) is -1.89. The smallest absolute Gasteiger partial charge is 0.246 e. The van der Waals surface area contributed by atoms with Crippen molar-refractivity contribution in [3.63, 3.8) is 0 Å². The Hall–Kier alpha value is -2.68. The van der Waals surface area contributed by atoms with Crippen molar-refractivity contribution >= 4 is 33.3 Å². The molecule has 0 spiro atoms. The Kier molecular flexibility index (Phi) is 6.45. The molecule has 28 heavy (non-hydrogen) atoms. The molecule has 2 heterocycles. The minimum atomic E-state index is -3.64. The Bertz CT molecular complexity index is 1020. The molecule has 0 unspecified atom stereocenters. The second-order valence-corrected chi connectivity index (χ2v) is 8.68. The minimum absolute atomic E-state index is 0.0853. The summed E-state index contributed by atoms with van der Waals surface area (Å²) >= 11 is 1.59. The van der Waals surface area contributed by atoms with E-state index in [-0.39, 0.29) is 17.3 Å². The number of carbonyl (C=O) groups is 1. The van der Waals surface area contributed by atoms with Crippen LogP contribution in [0.3, 0.4) is 0 Å². The van der Waals surface area contributed by atoms with Crippen molar-refractivity contribution in [2.45, 2.75) is 18.0 Å². The van der Waals surface area contributed by atoms with E-state index >= 15 is 0 Å². The zero-order valence-electron chi connectivity index (χ0n) is 15.2. The first-order chi connectivity index (χ1) is 13.4. The molecule has 1 aromatic carbocycles. The molecule has 0 aliphatic heterocycles. The number of likely N-dealkylation sites (N-methyl/N-ethyl adjacent to an activating group) is 1. The van der Waals surface area contributed by atoms with Crippen LogP contribution in [0.4, 0.5) is 0 Å². The fourth-order valence-corrected chi connectivity index (χ4v) is 4.10. The number of rotatable bonds is 8. The van der Waals surface area contributed by atoms with E-state index in [1.54, 1.807) is 53.6 Å². The zero-order valence-corrected chi connectivity index (χ0v) is 16.9. The number of sulfonamides is 1. The average molecular weight is 417 g/mol. The maximum Gasteiger partial charge on any atom is 0.246 e. The van der Waals surface area contributed by atoms with Gasteiger partial charge in [0.25, 0.3) is 0 Å². The molecule has 0 bridgehead atoms. The molecule has 8 heteroatoms. The third-order valence-electron chi connectivity index (χ3n) is 4.00. The van der Waals surface area contributed by atoms with E-state index < -0.39 is 10.0 Å². The van der Waals surface area contributed by atoms with Gasteiger partial charge in [0, 0.05) is 19.7 Å². The number of nitrogens with zero attached hydrogens (tertiary/aromatic N) is 1. The Morgan fingerprint density at radius 3 is 2.64 bits per heavy atom. The second kappa shape index (κ2) is 9.01. The highest BCUT2D eigenvalue weighted by Gasteiger charge is 2.14. The van der Waals surface area contributed by atoms with Crippen LogP contribution in [0.1, 0.15) is 16.9 Å². The average Bonchev–Trinajstić information content (AvgIpc) is 3.39. The van der Waals surface area contributed by atoms with Gasteiger partial charge in [-0.25, -0.2) is 13.1 Å². The van der Waals surface area contributed by atoms with E-state index in [0.29, 0.717) is 12.3 Å². The van der Waals surface area contributed by atoms with Crippen LogP contribution in [0.25, 0.3) is 6.08 Å². The fourth-order valence-electron chi connectivity index (χ4n) is 2.45. The van der Waals surface area contributed by atoms with Crippen LogP contribution < -0.4 is 4.72 Å². The largest absolute Gasteiger partial charge is 0.468 e. The van der Waals surface area contributed by atoms with Crippen molar-refractivity contribution in [2.75, 3.05) is 7.05 Å². The standard InChI is InChI=1S/C20H20N2O4S2/c1-22(14-17-10-12-27-15-17)20(23)9-6-16-4-7-19(8-5-16)28(24,25)21-13-18-3-2-11-26-18/h2-12,15,21H,13-14H2,1H3/b9-6+. The quantitative estimate of drug-likeness (QED) is 0.570. The van der Waals surface area contributed by atoms with Gasteiger partial charge in [-0.2, -0.15) is 11.3 Å². The predicted molar refractivity (Wildman–Crippen MR) is 109 cm³/mol. The lowest BCUT2D eigenvalue weighted by atomic mass is 10.2. The lowest BCUT2D eigenvalue weighted by Gasteiger charge is -2.13. The van der Waals surface area contributed by atoms with Crippen LogP contribution in [0, 0.1) is 0 Å².